The number of halogens is 1. The van der Waals surface area contributed by atoms with Crippen LogP contribution in [-0.2, 0) is 22.1 Å². The van der Waals surface area contributed by atoms with E-state index in [0.29, 0.717) is 22.3 Å². The zero-order valence-electron chi connectivity index (χ0n) is 22.7. The van der Waals surface area contributed by atoms with Crippen molar-refractivity contribution in [2.45, 2.75) is 44.4 Å². The second kappa shape index (κ2) is 13.1. The number of nitrogens with zero attached hydrogens (tertiary/aromatic N) is 5. The van der Waals surface area contributed by atoms with Crippen molar-refractivity contribution in [1.29, 1.82) is 0 Å². The smallest absolute Gasteiger partial charge is 0.326 e. The summed E-state index contributed by atoms with van der Waals surface area (Å²) in [6.07, 6.45) is 5.71. The van der Waals surface area contributed by atoms with Gasteiger partial charge in [0.1, 0.15) is 17.7 Å². The second-order valence-electron chi connectivity index (χ2n) is 9.39. The molecule has 0 aliphatic rings. The highest BCUT2D eigenvalue weighted by Crippen LogP contribution is 2.28. The number of nitrogens with one attached hydrogen (secondary N) is 3. The molecule has 0 saturated heterocycles. The van der Waals surface area contributed by atoms with Crippen molar-refractivity contribution < 1.29 is 23.3 Å². The van der Waals surface area contributed by atoms with Crippen LogP contribution in [0.3, 0.4) is 0 Å². The van der Waals surface area contributed by atoms with Crippen molar-refractivity contribution in [2.75, 3.05) is 17.2 Å². The number of hydrogen-bond acceptors (Lipinski definition) is 9. The number of terminal acetylenes is 1. The number of amides is 1. The van der Waals surface area contributed by atoms with Gasteiger partial charge in [-0.25, -0.2) is 14.2 Å². The maximum absolute atomic E-state index is 15.3. The molecule has 1 unspecified atom stereocenters. The third kappa shape index (κ3) is 6.84. The summed E-state index contributed by atoms with van der Waals surface area (Å²) in [5.41, 5.74) is 1.36. The summed E-state index contributed by atoms with van der Waals surface area (Å²) >= 11 is 0. The zero-order valence-corrected chi connectivity index (χ0v) is 23.5. The number of tetrazole rings is 1. The number of aliphatic carboxylic acids is 1. The number of rotatable bonds is 12. The molecule has 218 valence electrons. The summed E-state index contributed by atoms with van der Waals surface area (Å²) in [7, 11) is -1.60. The molecular formula is C27H27FN8O5S. The van der Waals surface area contributed by atoms with Crippen LogP contribution < -0.4 is 15.8 Å². The fourth-order valence-electron chi connectivity index (χ4n) is 4.42. The Morgan fingerprint density at radius 3 is 2.76 bits per heavy atom. The van der Waals surface area contributed by atoms with Gasteiger partial charge >= 0.3 is 5.97 Å². The van der Waals surface area contributed by atoms with E-state index in [1.54, 1.807) is 19.1 Å². The Kier molecular flexibility index (Phi) is 9.38. The van der Waals surface area contributed by atoms with Crippen LogP contribution >= 0.6 is 0 Å². The molecule has 0 aliphatic heterocycles. The van der Waals surface area contributed by atoms with Crippen LogP contribution in [0.15, 0.2) is 40.3 Å². The normalized spacial score (nSPS) is 12.4. The van der Waals surface area contributed by atoms with Crippen molar-refractivity contribution in [2.24, 2.45) is 0 Å². The van der Waals surface area contributed by atoms with Crippen molar-refractivity contribution >= 4 is 39.3 Å². The lowest BCUT2D eigenvalue weighted by molar-refractivity contribution is -0.139. The molecule has 4 rings (SSSR count). The molecule has 15 heteroatoms. The first-order valence-corrected chi connectivity index (χ1v) is 14.0. The Balaban J connectivity index is 1.58. The third-order valence-corrected chi connectivity index (χ3v) is 7.67. The molecule has 0 spiro atoms. The van der Waals surface area contributed by atoms with Crippen LogP contribution in [0.2, 0.25) is 0 Å². The Hall–Kier alpha value is -4.97. The van der Waals surface area contributed by atoms with E-state index in [9.17, 15) is 23.7 Å². The number of anilines is 1. The number of aromatic amines is 2. The molecule has 2 aromatic heterocycles. The molecule has 0 bridgehead atoms. The Morgan fingerprint density at radius 1 is 1.29 bits per heavy atom. The highest BCUT2D eigenvalue weighted by Gasteiger charge is 2.26. The first kappa shape index (κ1) is 30.0. The molecule has 13 nitrogen and oxygen atoms in total. The zero-order chi connectivity index (χ0) is 30.4. The number of para-hydroxylation sites is 1. The van der Waals surface area contributed by atoms with E-state index in [0.717, 1.165) is 5.56 Å². The van der Waals surface area contributed by atoms with Gasteiger partial charge < -0.3 is 20.3 Å². The summed E-state index contributed by atoms with van der Waals surface area (Å²) in [4.78, 5) is 46.3. The van der Waals surface area contributed by atoms with E-state index >= 15 is 4.39 Å². The molecule has 2 atom stereocenters. The van der Waals surface area contributed by atoms with Gasteiger partial charge in [0.05, 0.1) is 39.5 Å². The number of aryl methyl sites for hydroxylation is 2. The molecule has 0 fully saturated rings. The largest absolute Gasteiger partial charge is 0.480 e. The van der Waals surface area contributed by atoms with Crippen LogP contribution in [0.1, 0.15) is 40.2 Å². The summed E-state index contributed by atoms with van der Waals surface area (Å²) in [6.45, 7) is 3.45. The molecule has 4 aromatic rings. The summed E-state index contributed by atoms with van der Waals surface area (Å²) in [6, 6.07) is 5.93. The molecular weight excluding hydrogens is 567 g/mol. The predicted molar refractivity (Wildman–Crippen MR) is 152 cm³/mol. The van der Waals surface area contributed by atoms with Crippen molar-refractivity contribution in [1.82, 2.24) is 35.9 Å². The topological polar surface area (TPSA) is 187 Å². The van der Waals surface area contributed by atoms with E-state index in [1.165, 1.54) is 23.1 Å². The summed E-state index contributed by atoms with van der Waals surface area (Å²) in [5, 5.41) is 25.3. The van der Waals surface area contributed by atoms with Gasteiger partial charge in [-0.15, -0.1) is 11.5 Å². The minimum atomic E-state index is -1.60. The van der Waals surface area contributed by atoms with Gasteiger partial charge in [-0.1, -0.05) is 17.1 Å². The summed E-state index contributed by atoms with van der Waals surface area (Å²) < 4.78 is 27.6. The van der Waals surface area contributed by atoms with Gasteiger partial charge in [-0.2, -0.15) is 5.21 Å². The van der Waals surface area contributed by atoms with Crippen LogP contribution in [0.25, 0.3) is 10.9 Å². The predicted octanol–water partition coefficient (Wildman–Crippen LogP) is 1.60. The van der Waals surface area contributed by atoms with Crippen molar-refractivity contribution in [3.8, 4) is 12.3 Å². The van der Waals surface area contributed by atoms with Crippen molar-refractivity contribution in [3.05, 3.63) is 69.0 Å². The molecule has 2 aromatic carbocycles. The summed E-state index contributed by atoms with van der Waals surface area (Å²) in [5.74, 6) is 0.102. The minimum absolute atomic E-state index is 0.0125. The molecule has 42 heavy (non-hydrogen) atoms. The Labute approximate surface area is 241 Å². The van der Waals surface area contributed by atoms with Gasteiger partial charge in [0.15, 0.2) is 0 Å². The number of fused-ring (bicyclic) bond motifs is 1. The first-order chi connectivity index (χ1) is 20.1. The van der Waals surface area contributed by atoms with Gasteiger partial charge in [0, 0.05) is 12.3 Å². The quantitative estimate of drug-likeness (QED) is 0.176. The number of carbonyl (C=O) groups excluding carboxylic acids is 1. The van der Waals surface area contributed by atoms with E-state index in [2.05, 4.69) is 41.8 Å². The highest BCUT2D eigenvalue weighted by atomic mass is 32.2. The highest BCUT2D eigenvalue weighted by molar-refractivity contribution is 7.84. The molecule has 2 heterocycles. The number of carbonyl (C=O) groups is 2. The standard InChI is InChI=1S/C27H27FN8O5S/c1-4-10-36(14-17-13-19-22(12-15(17)2)29-16(3)30-25(19)38)23-18(7-5-8-20(23)28)24(37)31-21(26(39)40)9-6-11-42(41)27-32-34-35-33-27/h1,5,7-8,12-13,21H,6,9-11,14H2,2-3H3,(H,31,37)(H,39,40)(H,29,30,38)(H,32,33,34,35)/t21-,42?/m0/s1. The third-order valence-electron chi connectivity index (χ3n) is 6.43. The van der Waals surface area contributed by atoms with Crippen LogP contribution in [0.4, 0.5) is 10.1 Å². The van der Waals surface area contributed by atoms with Gasteiger partial charge in [-0.05, 0) is 67.3 Å². The van der Waals surface area contributed by atoms with E-state index < -0.39 is 34.5 Å². The average Bonchev–Trinajstić information content (AvgIpc) is 3.48. The number of benzene rings is 2. The van der Waals surface area contributed by atoms with E-state index in [1.807, 2.05) is 6.92 Å². The Bertz CT molecular complexity index is 1750. The SMILES string of the molecule is C#CCN(Cc1cc2c(=O)[nH]c(C)nc2cc1C)c1c(F)cccc1C(=O)N[C@@H](CCCS(=O)c1nn[nH]n1)C(=O)O. The number of H-pyrrole nitrogens is 2. The molecule has 1 amide bonds. The molecule has 0 aliphatic carbocycles. The fraction of sp³-hybridized carbons (Fsp3) is 0.296. The lowest BCUT2D eigenvalue weighted by Gasteiger charge is -2.27. The second-order valence-corrected chi connectivity index (χ2v) is 10.9. The number of carboxylic acids is 1. The number of carboxylic acid groups (broad SMARTS) is 1. The first-order valence-electron chi connectivity index (χ1n) is 12.7. The van der Waals surface area contributed by atoms with Gasteiger partial charge in [-0.3, -0.25) is 13.8 Å². The van der Waals surface area contributed by atoms with Crippen molar-refractivity contribution in [3.63, 3.8) is 0 Å². The van der Waals surface area contributed by atoms with Crippen LogP contribution in [0.5, 0.6) is 0 Å². The number of aromatic nitrogens is 6. The van der Waals surface area contributed by atoms with Crippen LogP contribution in [0, 0.1) is 32.0 Å². The maximum atomic E-state index is 15.3. The maximum Gasteiger partial charge on any atom is 0.326 e. The lowest BCUT2D eigenvalue weighted by atomic mass is 10.0. The van der Waals surface area contributed by atoms with Gasteiger partial charge in [0.2, 0.25) is 0 Å². The van der Waals surface area contributed by atoms with E-state index in [4.69, 9.17) is 6.42 Å². The number of hydrogen-bond donors (Lipinski definition) is 4. The van der Waals surface area contributed by atoms with E-state index in [-0.39, 0.29) is 53.7 Å². The lowest BCUT2D eigenvalue weighted by Crippen LogP contribution is -2.41. The average molecular weight is 595 g/mol. The van der Waals surface area contributed by atoms with Gasteiger partial charge in [0.25, 0.3) is 16.6 Å². The molecule has 4 N–H and O–H groups in total. The monoisotopic (exact) mass is 594 g/mol. The van der Waals surface area contributed by atoms with Crippen LogP contribution in [-0.4, -0.2) is 70.1 Å². The molecule has 0 saturated carbocycles. The fourth-order valence-corrected chi connectivity index (χ4v) is 5.31. The Morgan fingerprint density at radius 2 is 2.07 bits per heavy atom. The minimum Gasteiger partial charge on any atom is -0.480 e. The molecule has 0 radical (unpaired) electrons.